The molecule has 0 aliphatic rings. The lowest BCUT2D eigenvalue weighted by Crippen LogP contribution is -2.36. The van der Waals surface area contributed by atoms with Gasteiger partial charge >= 0.3 is 0 Å². The van der Waals surface area contributed by atoms with E-state index >= 15 is 0 Å². The molecule has 0 amide bonds. The van der Waals surface area contributed by atoms with Crippen LogP contribution in [0, 0.1) is 5.41 Å². The molecule has 1 aromatic rings. The predicted molar refractivity (Wildman–Crippen MR) is 78.8 cm³/mol. The molecule has 0 atom stereocenters. The molecular formula is C13H23N3O2S. The fourth-order valence-electron chi connectivity index (χ4n) is 1.80. The third kappa shape index (κ3) is 4.19. The van der Waals surface area contributed by atoms with Crippen molar-refractivity contribution in [2.45, 2.75) is 18.7 Å². The topological polar surface area (TPSA) is 75.4 Å². The van der Waals surface area contributed by atoms with Gasteiger partial charge in [0.15, 0.2) is 0 Å². The van der Waals surface area contributed by atoms with E-state index < -0.39 is 10.0 Å². The quantitative estimate of drug-likeness (QED) is 0.818. The summed E-state index contributed by atoms with van der Waals surface area (Å²) in [6.45, 7) is 5.61. The van der Waals surface area contributed by atoms with Gasteiger partial charge in [-0.1, -0.05) is 13.8 Å². The second kappa shape index (κ2) is 5.90. The van der Waals surface area contributed by atoms with Crippen LogP contribution in [-0.4, -0.2) is 35.6 Å². The Hall–Kier alpha value is -1.11. The first kappa shape index (κ1) is 15.9. The van der Waals surface area contributed by atoms with Crippen molar-refractivity contribution in [3.63, 3.8) is 0 Å². The van der Waals surface area contributed by atoms with Crippen molar-refractivity contribution in [2.75, 3.05) is 32.1 Å². The van der Waals surface area contributed by atoms with Gasteiger partial charge in [-0.2, -0.15) is 0 Å². The zero-order valence-corrected chi connectivity index (χ0v) is 12.8. The van der Waals surface area contributed by atoms with Crippen LogP contribution in [0.2, 0.25) is 0 Å². The lowest BCUT2D eigenvalue weighted by Gasteiger charge is -2.30. The van der Waals surface area contributed by atoms with Crippen LogP contribution < -0.4 is 15.4 Å². The summed E-state index contributed by atoms with van der Waals surface area (Å²) in [7, 11) is 0.00418. The molecule has 0 fully saturated rings. The van der Waals surface area contributed by atoms with Crippen LogP contribution in [0.1, 0.15) is 13.8 Å². The first-order valence-corrected chi connectivity index (χ1v) is 7.65. The van der Waals surface area contributed by atoms with Crippen LogP contribution in [0.25, 0.3) is 0 Å². The first-order valence-electron chi connectivity index (χ1n) is 6.17. The summed E-state index contributed by atoms with van der Waals surface area (Å²) in [6, 6.07) is 6.81. The molecule has 1 rings (SSSR count). The predicted octanol–water partition coefficient (Wildman–Crippen LogP) is 1.02. The molecule has 0 heterocycles. The number of hydrogen-bond donors (Lipinski definition) is 2. The molecule has 0 bridgehead atoms. The second-order valence-corrected chi connectivity index (χ2v) is 7.31. The van der Waals surface area contributed by atoms with E-state index in [2.05, 4.69) is 23.5 Å². The van der Waals surface area contributed by atoms with E-state index in [-0.39, 0.29) is 10.3 Å². The molecule has 0 aliphatic carbocycles. The summed E-state index contributed by atoms with van der Waals surface area (Å²) >= 11 is 0. The van der Waals surface area contributed by atoms with Crippen LogP contribution in [-0.2, 0) is 10.0 Å². The average molecular weight is 285 g/mol. The summed E-state index contributed by atoms with van der Waals surface area (Å²) in [6.07, 6.45) is 0. The maximum Gasteiger partial charge on any atom is 0.240 e. The Morgan fingerprint density at radius 2 is 1.79 bits per heavy atom. The molecule has 0 spiro atoms. The van der Waals surface area contributed by atoms with E-state index in [1.54, 1.807) is 24.3 Å². The van der Waals surface area contributed by atoms with Gasteiger partial charge in [-0.05, 0) is 43.3 Å². The minimum atomic E-state index is -3.37. The highest BCUT2D eigenvalue weighted by Gasteiger charge is 2.19. The maximum absolute atomic E-state index is 11.6. The third-order valence-electron chi connectivity index (χ3n) is 3.07. The number of anilines is 1. The van der Waals surface area contributed by atoms with Gasteiger partial charge in [-0.3, -0.25) is 0 Å². The van der Waals surface area contributed by atoms with Crippen LogP contribution >= 0.6 is 0 Å². The van der Waals surface area contributed by atoms with Crippen molar-refractivity contribution in [1.82, 2.24) is 4.72 Å². The lowest BCUT2D eigenvalue weighted by molar-refractivity contribution is 0.385. The van der Waals surface area contributed by atoms with Gasteiger partial charge in [0.05, 0.1) is 4.90 Å². The molecule has 5 nitrogen and oxygen atoms in total. The van der Waals surface area contributed by atoms with Crippen molar-refractivity contribution in [1.29, 1.82) is 0 Å². The highest BCUT2D eigenvalue weighted by atomic mass is 32.2. The summed E-state index contributed by atoms with van der Waals surface area (Å²) in [4.78, 5) is 2.34. The number of hydrogen-bond acceptors (Lipinski definition) is 4. The number of sulfonamides is 1. The summed E-state index contributed by atoms with van der Waals surface area (Å²) < 4.78 is 25.5. The van der Waals surface area contributed by atoms with Gasteiger partial charge in [-0.15, -0.1) is 0 Å². The SMILES string of the molecule is CNS(=O)(=O)c1ccc(N(C)CC(C)(C)CN)cc1. The van der Waals surface area contributed by atoms with Gasteiger partial charge in [0, 0.05) is 19.3 Å². The van der Waals surface area contributed by atoms with Crippen molar-refractivity contribution < 1.29 is 8.42 Å². The molecule has 0 aromatic heterocycles. The molecule has 0 saturated carbocycles. The van der Waals surface area contributed by atoms with Gasteiger partial charge in [-0.25, -0.2) is 13.1 Å². The summed E-state index contributed by atoms with van der Waals surface area (Å²) in [5.74, 6) is 0. The van der Waals surface area contributed by atoms with Crippen molar-refractivity contribution in [3.05, 3.63) is 24.3 Å². The fourth-order valence-corrected chi connectivity index (χ4v) is 2.53. The van der Waals surface area contributed by atoms with Crippen LogP contribution in [0.4, 0.5) is 5.69 Å². The van der Waals surface area contributed by atoms with E-state index in [1.807, 2.05) is 7.05 Å². The molecule has 3 N–H and O–H groups in total. The highest BCUT2D eigenvalue weighted by Crippen LogP contribution is 2.21. The highest BCUT2D eigenvalue weighted by molar-refractivity contribution is 7.89. The van der Waals surface area contributed by atoms with E-state index in [4.69, 9.17) is 5.73 Å². The standard InChI is InChI=1S/C13H23N3O2S/c1-13(2,9-14)10-16(4)11-5-7-12(8-6-11)19(17,18)15-3/h5-8,15H,9-10,14H2,1-4H3. The Labute approximate surface area is 115 Å². The van der Waals surface area contributed by atoms with Gasteiger partial charge < -0.3 is 10.6 Å². The molecule has 1 aromatic carbocycles. The number of rotatable bonds is 6. The van der Waals surface area contributed by atoms with Crippen molar-refractivity contribution in [3.8, 4) is 0 Å². The normalized spacial score (nSPS) is 12.5. The van der Waals surface area contributed by atoms with Crippen molar-refractivity contribution in [2.24, 2.45) is 11.1 Å². The number of nitrogens with one attached hydrogen (secondary N) is 1. The minimum Gasteiger partial charge on any atom is -0.374 e. The van der Waals surface area contributed by atoms with E-state index in [0.29, 0.717) is 6.54 Å². The third-order valence-corrected chi connectivity index (χ3v) is 4.50. The van der Waals surface area contributed by atoms with Crippen LogP contribution in [0.15, 0.2) is 29.2 Å². The Balaban J connectivity index is 2.88. The Morgan fingerprint density at radius 3 is 2.21 bits per heavy atom. The van der Waals surface area contributed by atoms with E-state index in [1.165, 1.54) is 7.05 Å². The lowest BCUT2D eigenvalue weighted by atomic mass is 9.93. The van der Waals surface area contributed by atoms with Crippen LogP contribution in [0.5, 0.6) is 0 Å². The zero-order valence-electron chi connectivity index (χ0n) is 12.0. The maximum atomic E-state index is 11.6. The Bertz CT molecular complexity index is 509. The van der Waals surface area contributed by atoms with Gasteiger partial charge in [0.2, 0.25) is 10.0 Å². The molecule has 0 radical (unpaired) electrons. The molecule has 108 valence electrons. The molecule has 0 saturated heterocycles. The fraction of sp³-hybridized carbons (Fsp3) is 0.538. The Kier molecular flexibility index (Phi) is 4.95. The Morgan fingerprint density at radius 1 is 1.26 bits per heavy atom. The van der Waals surface area contributed by atoms with E-state index in [9.17, 15) is 8.42 Å². The van der Waals surface area contributed by atoms with Crippen molar-refractivity contribution >= 4 is 15.7 Å². The first-order chi connectivity index (χ1) is 8.72. The molecular weight excluding hydrogens is 262 g/mol. The largest absolute Gasteiger partial charge is 0.374 e. The minimum absolute atomic E-state index is 0.0183. The summed E-state index contributed by atoms with van der Waals surface area (Å²) in [5.41, 5.74) is 6.71. The molecule has 19 heavy (non-hydrogen) atoms. The van der Waals surface area contributed by atoms with Gasteiger partial charge in [0.1, 0.15) is 0 Å². The monoisotopic (exact) mass is 285 g/mol. The molecule has 6 heteroatoms. The number of nitrogens with zero attached hydrogens (tertiary/aromatic N) is 1. The molecule has 0 unspecified atom stereocenters. The summed E-state index contributed by atoms with van der Waals surface area (Å²) in [5, 5.41) is 0. The number of benzene rings is 1. The van der Waals surface area contributed by atoms with E-state index in [0.717, 1.165) is 12.2 Å². The molecule has 0 aliphatic heterocycles. The smallest absolute Gasteiger partial charge is 0.240 e. The second-order valence-electron chi connectivity index (χ2n) is 5.43. The number of nitrogens with two attached hydrogens (primary N) is 1. The zero-order chi connectivity index (χ0) is 14.7. The van der Waals surface area contributed by atoms with Crippen LogP contribution in [0.3, 0.4) is 0 Å². The average Bonchev–Trinajstić information content (AvgIpc) is 2.38. The van der Waals surface area contributed by atoms with Gasteiger partial charge in [0.25, 0.3) is 0 Å².